The summed E-state index contributed by atoms with van der Waals surface area (Å²) >= 11 is 1.09. The molecule has 136 valence electrons. The van der Waals surface area contributed by atoms with Gasteiger partial charge in [-0.1, -0.05) is 0 Å². The predicted molar refractivity (Wildman–Crippen MR) is 94.4 cm³/mol. The normalized spacial score (nSPS) is 10.0. The molecule has 1 aromatic carbocycles. The van der Waals surface area contributed by atoms with E-state index in [1.54, 1.807) is 5.38 Å². The second-order valence-corrected chi connectivity index (χ2v) is 5.81. The number of primary amides is 1. The van der Waals surface area contributed by atoms with E-state index in [0.29, 0.717) is 5.69 Å². The number of nitro benzene ring substituents is 1. The highest BCUT2D eigenvalue weighted by atomic mass is 32.1. The van der Waals surface area contributed by atoms with Crippen molar-refractivity contribution in [2.75, 3.05) is 24.3 Å². The van der Waals surface area contributed by atoms with Crippen molar-refractivity contribution in [1.29, 1.82) is 0 Å². The summed E-state index contributed by atoms with van der Waals surface area (Å²) in [5.41, 5.74) is 5.26. The number of esters is 1. The lowest BCUT2D eigenvalue weighted by Crippen LogP contribution is -2.22. The van der Waals surface area contributed by atoms with Crippen LogP contribution in [0.15, 0.2) is 29.6 Å². The summed E-state index contributed by atoms with van der Waals surface area (Å²) in [6.07, 6.45) is 0. The molecule has 0 aliphatic carbocycles. The number of rotatable bonds is 7. The first-order valence-electron chi connectivity index (χ1n) is 7.14. The Hall–Kier alpha value is -3.47. The number of nitro groups is 1. The van der Waals surface area contributed by atoms with Gasteiger partial charge in [-0.15, -0.1) is 11.3 Å². The van der Waals surface area contributed by atoms with E-state index in [-0.39, 0.29) is 21.8 Å². The second-order valence-electron chi connectivity index (χ2n) is 4.89. The summed E-state index contributed by atoms with van der Waals surface area (Å²) < 4.78 is 4.89. The van der Waals surface area contributed by atoms with Gasteiger partial charge >= 0.3 is 5.97 Å². The Labute approximate surface area is 151 Å². The van der Waals surface area contributed by atoms with E-state index in [1.807, 2.05) is 0 Å². The number of carbonyl (C=O) groups excluding carboxylic acids is 3. The van der Waals surface area contributed by atoms with Crippen molar-refractivity contribution in [3.8, 4) is 0 Å². The average molecular weight is 378 g/mol. The maximum Gasteiger partial charge on any atom is 0.341 e. The van der Waals surface area contributed by atoms with Crippen LogP contribution in [-0.4, -0.2) is 36.4 Å². The Balaban J connectivity index is 2.05. The van der Waals surface area contributed by atoms with Crippen molar-refractivity contribution in [1.82, 2.24) is 0 Å². The number of anilines is 2. The predicted octanol–water partition coefficient (Wildman–Crippen LogP) is 1.59. The fourth-order valence-corrected chi connectivity index (χ4v) is 2.81. The molecule has 0 saturated carbocycles. The van der Waals surface area contributed by atoms with Crippen LogP contribution in [-0.2, 0) is 9.53 Å². The third-order valence-electron chi connectivity index (χ3n) is 3.22. The fourth-order valence-electron chi connectivity index (χ4n) is 2.00. The first-order chi connectivity index (χ1) is 12.3. The van der Waals surface area contributed by atoms with Crippen LogP contribution in [0, 0.1) is 10.1 Å². The Kier molecular flexibility index (Phi) is 5.86. The second kappa shape index (κ2) is 8.07. The number of hydrogen-bond acceptors (Lipinski definition) is 8. The molecule has 26 heavy (non-hydrogen) atoms. The van der Waals surface area contributed by atoms with E-state index in [0.717, 1.165) is 17.4 Å². The number of thiophene rings is 1. The Morgan fingerprint density at radius 3 is 2.62 bits per heavy atom. The number of nitrogens with two attached hydrogens (primary N) is 1. The summed E-state index contributed by atoms with van der Waals surface area (Å²) in [5.74, 6) is -2.29. The quantitative estimate of drug-likeness (QED) is 0.375. The summed E-state index contributed by atoms with van der Waals surface area (Å²) in [7, 11) is 1.53. The van der Waals surface area contributed by atoms with Crippen molar-refractivity contribution < 1.29 is 24.0 Å². The van der Waals surface area contributed by atoms with Gasteiger partial charge in [0.15, 0.2) is 6.61 Å². The SMILES string of the molecule is CNc1ccc([N+](=O)[O-])cc1C(=O)OCC(=O)Nc1sccc1C(N)=O. The third kappa shape index (κ3) is 4.33. The van der Waals surface area contributed by atoms with Crippen molar-refractivity contribution in [2.45, 2.75) is 0 Å². The number of benzene rings is 1. The number of carbonyl (C=O) groups is 3. The maximum atomic E-state index is 12.1. The molecule has 0 spiro atoms. The molecule has 0 radical (unpaired) electrons. The highest BCUT2D eigenvalue weighted by molar-refractivity contribution is 7.14. The van der Waals surface area contributed by atoms with Gasteiger partial charge in [0.1, 0.15) is 5.00 Å². The van der Waals surface area contributed by atoms with E-state index >= 15 is 0 Å². The number of nitrogens with one attached hydrogen (secondary N) is 2. The summed E-state index contributed by atoms with van der Waals surface area (Å²) in [6.45, 7) is -0.638. The molecular weight excluding hydrogens is 364 g/mol. The van der Waals surface area contributed by atoms with Gasteiger partial charge in [0, 0.05) is 24.9 Å². The van der Waals surface area contributed by atoms with Crippen molar-refractivity contribution in [3.63, 3.8) is 0 Å². The molecular formula is C15H14N4O6S. The minimum atomic E-state index is -0.908. The fraction of sp³-hybridized carbons (Fsp3) is 0.133. The van der Waals surface area contributed by atoms with Gasteiger partial charge in [-0.25, -0.2) is 4.79 Å². The van der Waals surface area contributed by atoms with E-state index in [2.05, 4.69) is 10.6 Å². The van der Waals surface area contributed by atoms with Crippen LogP contribution in [0.4, 0.5) is 16.4 Å². The van der Waals surface area contributed by atoms with Crippen molar-refractivity contribution in [2.24, 2.45) is 5.73 Å². The molecule has 2 aromatic rings. The number of nitrogens with zero attached hydrogens (tertiary/aromatic N) is 1. The molecule has 2 rings (SSSR count). The molecule has 0 atom stereocenters. The van der Waals surface area contributed by atoms with Gasteiger partial charge in [-0.05, 0) is 17.5 Å². The monoisotopic (exact) mass is 378 g/mol. The summed E-state index contributed by atoms with van der Waals surface area (Å²) in [4.78, 5) is 45.4. The molecule has 10 nitrogen and oxygen atoms in total. The standard InChI is InChI=1S/C15H14N4O6S/c1-17-11-3-2-8(19(23)24)6-10(11)15(22)25-7-12(20)18-14-9(13(16)21)4-5-26-14/h2-6,17H,7H2,1H3,(H2,16,21)(H,18,20). The molecule has 1 heterocycles. The van der Waals surface area contributed by atoms with Crippen LogP contribution in [0.3, 0.4) is 0 Å². The van der Waals surface area contributed by atoms with Crippen molar-refractivity contribution in [3.05, 3.63) is 50.9 Å². The number of ether oxygens (including phenoxy) is 1. The molecule has 4 N–H and O–H groups in total. The van der Waals surface area contributed by atoms with Crippen LogP contribution in [0.25, 0.3) is 0 Å². The lowest BCUT2D eigenvalue weighted by molar-refractivity contribution is -0.384. The van der Waals surface area contributed by atoms with E-state index in [9.17, 15) is 24.5 Å². The zero-order valence-electron chi connectivity index (χ0n) is 13.5. The molecule has 0 unspecified atom stereocenters. The van der Waals surface area contributed by atoms with E-state index in [4.69, 9.17) is 10.5 Å². The molecule has 0 aliphatic heterocycles. The molecule has 0 saturated heterocycles. The van der Waals surface area contributed by atoms with E-state index in [1.165, 1.54) is 25.2 Å². The Morgan fingerprint density at radius 2 is 2.00 bits per heavy atom. The van der Waals surface area contributed by atoms with Crippen molar-refractivity contribution >= 4 is 45.5 Å². The van der Waals surface area contributed by atoms with Gasteiger partial charge in [0.25, 0.3) is 17.5 Å². The van der Waals surface area contributed by atoms with Gasteiger partial charge in [0.2, 0.25) is 0 Å². The third-order valence-corrected chi connectivity index (χ3v) is 4.05. The zero-order chi connectivity index (χ0) is 19.3. The minimum absolute atomic E-state index is 0.0801. The molecule has 2 amide bonds. The minimum Gasteiger partial charge on any atom is -0.452 e. The molecule has 0 aliphatic rings. The van der Waals surface area contributed by atoms with Gasteiger partial charge in [-0.3, -0.25) is 19.7 Å². The summed E-state index contributed by atoms with van der Waals surface area (Å²) in [5, 5.41) is 17.8. The lowest BCUT2D eigenvalue weighted by Gasteiger charge is -2.09. The van der Waals surface area contributed by atoms with Crippen LogP contribution < -0.4 is 16.4 Å². The smallest absolute Gasteiger partial charge is 0.341 e. The molecule has 0 fully saturated rings. The molecule has 0 bridgehead atoms. The number of hydrogen-bond donors (Lipinski definition) is 3. The average Bonchev–Trinajstić information content (AvgIpc) is 3.07. The van der Waals surface area contributed by atoms with E-state index < -0.39 is 29.3 Å². The number of non-ortho nitro benzene ring substituents is 1. The first-order valence-corrected chi connectivity index (χ1v) is 8.02. The summed E-state index contributed by atoms with van der Waals surface area (Å²) in [6, 6.07) is 5.10. The first kappa shape index (κ1) is 18.9. The van der Waals surface area contributed by atoms with Gasteiger partial charge in [0.05, 0.1) is 16.1 Å². The highest BCUT2D eigenvalue weighted by Crippen LogP contribution is 2.24. The molecule has 11 heteroatoms. The maximum absolute atomic E-state index is 12.1. The molecule has 1 aromatic heterocycles. The topological polar surface area (TPSA) is 154 Å². The van der Waals surface area contributed by atoms with Gasteiger partial charge in [-0.2, -0.15) is 0 Å². The highest BCUT2D eigenvalue weighted by Gasteiger charge is 2.19. The van der Waals surface area contributed by atoms with Crippen LogP contribution in [0.5, 0.6) is 0 Å². The van der Waals surface area contributed by atoms with Crippen LogP contribution in [0.2, 0.25) is 0 Å². The largest absolute Gasteiger partial charge is 0.452 e. The Morgan fingerprint density at radius 1 is 1.27 bits per heavy atom. The van der Waals surface area contributed by atoms with Gasteiger partial charge < -0.3 is 21.1 Å². The van der Waals surface area contributed by atoms with Crippen LogP contribution in [0.1, 0.15) is 20.7 Å². The van der Waals surface area contributed by atoms with Crippen LogP contribution >= 0.6 is 11.3 Å². The number of amides is 2. The Bertz CT molecular complexity index is 879. The zero-order valence-corrected chi connectivity index (χ0v) is 14.3. The lowest BCUT2D eigenvalue weighted by atomic mass is 10.1.